The summed E-state index contributed by atoms with van der Waals surface area (Å²) in [5.41, 5.74) is 0.984. The van der Waals surface area contributed by atoms with Crippen LogP contribution in [-0.2, 0) is 12.7 Å². The lowest BCUT2D eigenvalue weighted by molar-refractivity contribution is -0.142. The summed E-state index contributed by atoms with van der Waals surface area (Å²) in [4.78, 5) is 11.5. The van der Waals surface area contributed by atoms with Crippen molar-refractivity contribution in [2.45, 2.75) is 33.0 Å². The van der Waals surface area contributed by atoms with E-state index in [0.717, 1.165) is 10.9 Å². The zero-order chi connectivity index (χ0) is 22.1. The molecule has 11 heteroatoms. The lowest BCUT2D eigenvalue weighted by Gasteiger charge is -2.11. The fourth-order valence-electron chi connectivity index (χ4n) is 2.93. The third kappa shape index (κ3) is 5.01. The second-order valence-corrected chi connectivity index (χ2v) is 7.86. The van der Waals surface area contributed by atoms with E-state index in [-0.39, 0.29) is 4.47 Å². The second kappa shape index (κ2) is 8.76. The van der Waals surface area contributed by atoms with Crippen molar-refractivity contribution < 1.29 is 17.6 Å². The van der Waals surface area contributed by atoms with E-state index < -0.39 is 17.5 Å². The van der Waals surface area contributed by atoms with Gasteiger partial charge in [-0.05, 0) is 66.1 Å². The first-order valence-corrected chi connectivity index (χ1v) is 10.2. The third-order valence-corrected chi connectivity index (χ3v) is 5.64. The molecule has 0 fully saturated rings. The van der Waals surface area contributed by atoms with Gasteiger partial charge >= 0.3 is 11.8 Å². The zero-order valence-electron chi connectivity index (χ0n) is 16.1. The van der Waals surface area contributed by atoms with E-state index in [1.54, 1.807) is 13.0 Å². The Balaban J connectivity index is 1.55. The van der Waals surface area contributed by atoms with E-state index in [9.17, 15) is 18.0 Å². The Morgan fingerprint density at radius 1 is 1.30 bits per heavy atom. The van der Waals surface area contributed by atoms with E-state index in [2.05, 4.69) is 31.7 Å². The van der Waals surface area contributed by atoms with Crippen molar-refractivity contribution in [2.75, 3.05) is 11.9 Å². The van der Waals surface area contributed by atoms with Crippen molar-refractivity contribution in [3.63, 3.8) is 0 Å². The molecule has 2 heterocycles. The van der Waals surface area contributed by atoms with Crippen LogP contribution in [0.25, 0.3) is 11.0 Å². The minimum Gasteiger partial charge on any atom is -0.423 e. The predicted octanol–water partition coefficient (Wildman–Crippen LogP) is 4.76. The fraction of sp³-hybridized carbons (Fsp3) is 0.316. The monoisotopic (exact) mass is 502 g/mol. The summed E-state index contributed by atoms with van der Waals surface area (Å²) in [5, 5.41) is 10.8. The molecule has 0 bridgehead atoms. The number of aryl methyl sites for hydroxylation is 2. The number of alkyl halides is 3. The van der Waals surface area contributed by atoms with E-state index >= 15 is 0 Å². The average Bonchev–Trinajstić information content (AvgIpc) is 2.93. The number of halogens is 4. The Bertz CT molecular complexity index is 1160. The highest BCUT2D eigenvalue weighted by Crippen LogP contribution is 2.35. The van der Waals surface area contributed by atoms with Crippen LogP contribution in [0.4, 0.5) is 18.9 Å². The highest BCUT2D eigenvalue weighted by Gasteiger charge is 2.37. The molecular weight excluding hydrogens is 485 g/mol. The number of rotatable bonds is 5. The second-order valence-electron chi connectivity index (χ2n) is 6.66. The van der Waals surface area contributed by atoms with Gasteiger partial charge in [0.05, 0.1) is 10.2 Å². The van der Waals surface area contributed by atoms with Crippen molar-refractivity contribution in [2.24, 2.45) is 0 Å². The van der Waals surface area contributed by atoms with E-state index in [1.807, 2.05) is 19.1 Å². The summed E-state index contributed by atoms with van der Waals surface area (Å²) >= 11 is 8.20. The molecule has 0 aliphatic carbocycles. The van der Waals surface area contributed by atoms with Crippen molar-refractivity contribution in [1.82, 2.24) is 15.1 Å². The van der Waals surface area contributed by atoms with Crippen molar-refractivity contribution in [3.8, 4) is 0 Å². The normalized spacial score (nSPS) is 11.7. The van der Waals surface area contributed by atoms with Crippen molar-refractivity contribution in [3.05, 3.63) is 56.1 Å². The molecule has 0 spiro atoms. The van der Waals surface area contributed by atoms with Gasteiger partial charge in [0.25, 0.3) is 0 Å². The van der Waals surface area contributed by atoms with Gasteiger partial charge in [0, 0.05) is 36.3 Å². The Kier molecular flexibility index (Phi) is 6.51. The lowest BCUT2D eigenvalue weighted by Crippen LogP contribution is -2.29. The number of thiocarbonyl (C=S) groups is 1. The predicted molar refractivity (Wildman–Crippen MR) is 116 cm³/mol. The minimum atomic E-state index is -4.50. The fourth-order valence-corrected chi connectivity index (χ4v) is 3.66. The molecule has 0 amide bonds. The minimum absolute atomic E-state index is 0.0432. The van der Waals surface area contributed by atoms with Crippen LogP contribution in [0, 0.1) is 13.8 Å². The van der Waals surface area contributed by atoms with Crippen molar-refractivity contribution in [1.29, 1.82) is 0 Å². The van der Waals surface area contributed by atoms with Crippen LogP contribution >= 0.6 is 28.1 Å². The van der Waals surface area contributed by atoms with Gasteiger partial charge in [0.15, 0.2) is 10.8 Å². The van der Waals surface area contributed by atoms with Crippen LogP contribution in [0.1, 0.15) is 23.4 Å². The first-order chi connectivity index (χ1) is 14.1. The van der Waals surface area contributed by atoms with Gasteiger partial charge in [0.2, 0.25) is 0 Å². The van der Waals surface area contributed by atoms with Crippen molar-refractivity contribution >= 4 is 49.9 Å². The molecule has 30 heavy (non-hydrogen) atoms. The molecule has 0 unspecified atom stereocenters. The van der Waals surface area contributed by atoms with E-state index in [0.29, 0.717) is 41.6 Å². The first-order valence-electron chi connectivity index (χ1n) is 8.95. The topological polar surface area (TPSA) is 72.1 Å². The Morgan fingerprint density at radius 2 is 2.03 bits per heavy atom. The number of hydrogen-bond donors (Lipinski definition) is 2. The standard InChI is InChI=1S/C19H18BrF3N4O2S/c1-10-8-15(28)29-14-9-12(4-5-13(10)14)25-18(30)24-6-3-7-27-11(2)16(20)17(26-27)19(21,22)23/h4-5,8-9H,3,6-7H2,1-2H3,(H2,24,25,30). The van der Waals surface area contributed by atoms with Crippen LogP contribution in [0.15, 0.2) is 37.9 Å². The molecule has 1 aromatic carbocycles. The number of nitrogens with zero attached hydrogens (tertiary/aromatic N) is 2. The number of fused-ring (bicyclic) bond motifs is 1. The highest BCUT2D eigenvalue weighted by molar-refractivity contribution is 9.10. The molecule has 160 valence electrons. The molecule has 6 nitrogen and oxygen atoms in total. The number of anilines is 1. The molecule has 0 radical (unpaired) electrons. The van der Waals surface area contributed by atoms with Gasteiger partial charge < -0.3 is 15.1 Å². The maximum Gasteiger partial charge on any atom is 0.436 e. The number of benzene rings is 1. The lowest BCUT2D eigenvalue weighted by atomic mass is 10.1. The van der Waals surface area contributed by atoms with Crippen LogP contribution in [-0.4, -0.2) is 21.4 Å². The Morgan fingerprint density at radius 3 is 2.70 bits per heavy atom. The average molecular weight is 503 g/mol. The molecule has 0 aliphatic rings. The maximum absolute atomic E-state index is 12.9. The molecule has 3 rings (SSSR count). The molecule has 0 atom stereocenters. The number of nitrogens with one attached hydrogen (secondary N) is 2. The zero-order valence-corrected chi connectivity index (χ0v) is 18.5. The SMILES string of the molecule is Cc1cc(=O)oc2cc(NC(=S)NCCCn3nc(C(F)(F)F)c(Br)c3C)ccc12. The summed E-state index contributed by atoms with van der Waals surface area (Å²) in [6.45, 7) is 4.14. The molecule has 2 N–H and O–H groups in total. The van der Waals surface area contributed by atoms with E-state index in [1.165, 1.54) is 10.7 Å². The number of aromatic nitrogens is 2. The summed E-state index contributed by atoms with van der Waals surface area (Å²) in [5.74, 6) is 0. The Labute approximate surface area is 183 Å². The van der Waals surface area contributed by atoms with Gasteiger partial charge in [-0.25, -0.2) is 4.79 Å². The summed E-state index contributed by atoms with van der Waals surface area (Å²) in [6.07, 6.45) is -3.99. The molecular formula is C19H18BrF3N4O2S. The summed E-state index contributed by atoms with van der Waals surface area (Å²) in [6, 6.07) is 6.75. The van der Waals surface area contributed by atoms with Crippen LogP contribution in [0.2, 0.25) is 0 Å². The molecule has 0 saturated heterocycles. The maximum atomic E-state index is 12.9. The molecule has 0 saturated carbocycles. The van der Waals surface area contributed by atoms with E-state index in [4.69, 9.17) is 16.6 Å². The quantitative estimate of drug-likeness (QED) is 0.297. The van der Waals surface area contributed by atoms with Crippen LogP contribution < -0.4 is 16.3 Å². The smallest absolute Gasteiger partial charge is 0.423 e. The molecule has 3 aromatic rings. The van der Waals surface area contributed by atoms with Gasteiger partial charge in [-0.3, -0.25) is 4.68 Å². The summed E-state index contributed by atoms with van der Waals surface area (Å²) < 4.78 is 45.2. The molecule has 0 aliphatic heterocycles. The third-order valence-electron chi connectivity index (χ3n) is 4.44. The van der Waals surface area contributed by atoms with Gasteiger partial charge in [0.1, 0.15) is 5.58 Å². The first kappa shape index (κ1) is 22.3. The van der Waals surface area contributed by atoms with Gasteiger partial charge in [-0.1, -0.05) is 0 Å². The highest BCUT2D eigenvalue weighted by atomic mass is 79.9. The van der Waals surface area contributed by atoms with Crippen LogP contribution in [0.3, 0.4) is 0 Å². The summed E-state index contributed by atoms with van der Waals surface area (Å²) in [7, 11) is 0. The molecule has 2 aromatic heterocycles. The largest absolute Gasteiger partial charge is 0.436 e. The van der Waals surface area contributed by atoms with Gasteiger partial charge in [-0.2, -0.15) is 18.3 Å². The van der Waals surface area contributed by atoms with Crippen LogP contribution in [0.5, 0.6) is 0 Å². The van der Waals surface area contributed by atoms with Gasteiger partial charge in [-0.15, -0.1) is 0 Å². The number of hydrogen-bond acceptors (Lipinski definition) is 4. The Hall–Kier alpha value is -2.40.